The van der Waals surface area contributed by atoms with Gasteiger partial charge in [-0.15, -0.1) is 0 Å². The molecule has 1 aromatic carbocycles. The van der Waals surface area contributed by atoms with E-state index in [0.29, 0.717) is 46.9 Å². The second-order valence-electron chi connectivity index (χ2n) is 9.60. The largest absolute Gasteiger partial charge is 0.472 e. The number of fused-ring (bicyclic) bond motifs is 3. The minimum atomic E-state index is -0.645. The van der Waals surface area contributed by atoms with E-state index in [2.05, 4.69) is 10.3 Å². The highest BCUT2D eigenvalue weighted by Gasteiger charge is 2.38. The molecule has 1 fully saturated rings. The standard InChI is InChI=1S/C25H28N4O4/c1-25(2)13-20(31)21-18-4-3-11-27-23(18)29(24(21)33-25)15-7-10-17(22(26)32)19(12-15)28-14-5-8-16(30)9-6-14/h3-4,7,10-12,14,16,28,30H,5-6,8-9,13H2,1-2H3,(H2,26,32). The van der Waals surface area contributed by atoms with E-state index < -0.39 is 11.5 Å². The number of anilines is 1. The van der Waals surface area contributed by atoms with Gasteiger partial charge in [0.1, 0.15) is 11.2 Å². The van der Waals surface area contributed by atoms with E-state index in [9.17, 15) is 14.7 Å². The maximum atomic E-state index is 13.0. The smallest absolute Gasteiger partial charge is 0.250 e. The molecule has 0 bridgehead atoms. The van der Waals surface area contributed by atoms with Gasteiger partial charge in [-0.1, -0.05) is 0 Å². The number of Topliss-reactive ketones (excluding diaryl/α,β-unsaturated/α-hetero) is 1. The van der Waals surface area contributed by atoms with Crippen molar-refractivity contribution in [3.8, 4) is 11.6 Å². The number of nitrogens with two attached hydrogens (primary N) is 1. The normalized spacial score (nSPS) is 22.0. The third kappa shape index (κ3) is 3.84. The molecule has 5 rings (SSSR count). The number of carbonyl (C=O) groups is 2. The number of hydrogen-bond acceptors (Lipinski definition) is 6. The van der Waals surface area contributed by atoms with Gasteiger partial charge in [-0.3, -0.25) is 14.2 Å². The Bertz CT molecular complexity index is 1250. The molecule has 0 spiro atoms. The van der Waals surface area contributed by atoms with Crippen LogP contribution in [0.4, 0.5) is 5.69 Å². The number of primary amides is 1. The molecule has 4 N–H and O–H groups in total. The molecule has 2 aromatic heterocycles. The first-order valence-electron chi connectivity index (χ1n) is 11.3. The van der Waals surface area contributed by atoms with E-state index in [0.717, 1.165) is 18.2 Å². The van der Waals surface area contributed by atoms with Crippen LogP contribution >= 0.6 is 0 Å². The molecular weight excluding hydrogens is 420 g/mol. The first-order chi connectivity index (χ1) is 15.7. The predicted molar refractivity (Wildman–Crippen MR) is 125 cm³/mol. The number of pyridine rings is 1. The summed E-state index contributed by atoms with van der Waals surface area (Å²) in [5.41, 5.74) is 7.89. The van der Waals surface area contributed by atoms with E-state index in [4.69, 9.17) is 10.5 Å². The summed E-state index contributed by atoms with van der Waals surface area (Å²) in [6.45, 7) is 3.79. The molecular formula is C25H28N4O4. The van der Waals surface area contributed by atoms with Gasteiger partial charge < -0.3 is 20.9 Å². The maximum absolute atomic E-state index is 13.0. The molecule has 2 aliphatic rings. The number of nitrogens with one attached hydrogen (secondary N) is 1. The summed E-state index contributed by atoms with van der Waals surface area (Å²) in [5, 5.41) is 14.0. The minimum Gasteiger partial charge on any atom is -0.472 e. The van der Waals surface area contributed by atoms with Gasteiger partial charge in [-0.25, -0.2) is 4.98 Å². The average Bonchev–Trinajstić information content (AvgIpc) is 3.08. The molecule has 1 aliphatic heterocycles. The van der Waals surface area contributed by atoms with Crippen LogP contribution < -0.4 is 15.8 Å². The van der Waals surface area contributed by atoms with Crippen molar-refractivity contribution in [2.45, 2.75) is 63.7 Å². The fourth-order valence-electron chi connectivity index (χ4n) is 4.92. The fourth-order valence-corrected chi connectivity index (χ4v) is 4.92. The number of aromatic nitrogens is 2. The first-order valence-corrected chi connectivity index (χ1v) is 11.3. The molecule has 0 saturated heterocycles. The second kappa shape index (κ2) is 7.88. The highest BCUT2D eigenvalue weighted by molar-refractivity contribution is 6.11. The second-order valence-corrected chi connectivity index (χ2v) is 9.60. The van der Waals surface area contributed by atoms with Crippen LogP contribution in [0.5, 0.6) is 5.88 Å². The molecule has 3 heterocycles. The van der Waals surface area contributed by atoms with Crippen molar-refractivity contribution in [2.24, 2.45) is 5.73 Å². The Kier molecular flexibility index (Phi) is 5.12. The lowest BCUT2D eigenvalue weighted by molar-refractivity contribution is 0.0587. The Hall–Kier alpha value is -3.39. The predicted octanol–water partition coefficient (Wildman–Crippen LogP) is 3.58. The van der Waals surface area contributed by atoms with E-state index >= 15 is 0 Å². The zero-order valence-corrected chi connectivity index (χ0v) is 18.8. The number of ketones is 1. The Morgan fingerprint density at radius 2 is 2.00 bits per heavy atom. The van der Waals surface area contributed by atoms with Crippen molar-refractivity contribution in [2.75, 3.05) is 5.32 Å². The molecule has 8 heteroatoms. The number of rotatable bonds is 4. The SMILES string of the molecule is CC1(C)CC(=O)c2c(n(-c3ccc(C(N)=O)c(NC4CCC(O)CC4)c3)c3ncccc23)O1. The number of nitrogens with zero attached hydrogens (tertiary/aromatic N) is 2. The molecule has 1 amide bonds. The molecule has 3 aromatic rings. The van der Waals surface area contributed by atoms with E-state index in [1.54, 1.807) is 24.4 Å². The summed E-state index contributed by atoms with van der Waals surface area (Å²) in [5.74, 6) is -0.0423. The lowest BCUT2D eigenvalue weighted by atomic mass is 9.92. The van der Waals surface area contributed by atoms with Crippen LogP contribution in [-0.2, 0) is 0 Å². The summed E-state index contributed by atoms with van der Waals surface area (Å²) in [6, 6.07) is 9.15. The van der Waals surface area contributed by atoms with Crippen molar-refractivity contribution in [3.05, 3.63) is 47.7 Å². The van der Waals surface area contributed by atoms with Gasteiger partial charge in [0.15, 0.2) is 5.78 Å². The summed E-state index contributed by atoms with van der Waals surface area (Å²) in [4.78, 5) is 29.7. The summed E-state index contributed by atoms with van der Waals surface area (Å²) in [7, 11) is 0. The van der Waals surface area contributed by atoms with Crippen molar-refractivity contribution in [1.82, 2.24) is 9.55 Å². The number of amides is 1. The topological polar surface area (TPSA) is 119 Å². The third-order valence-corrected chi connectivity index (χ3v) is 6.51. The molecule has 0 unspecified atom stereocenters. The van der Waals surface area contributed by atoms with E-state index in [1.807, 2.05) is 30.5 Å². The molecule has 0 radical (unpaired) electrons. The number of carbonyl (C=O) groups excluding carboxylic acids is 2. The van der Waals surface area contributed by atoms with Gasteiger partial charge in [-0.2, -0.15) is 0 Å². The van der Waals surface area contributed by atoms with Crippen molar-refractivity contribution < 1.29 is 19.4 Å². The molecule has 1 aliphatic carbocycles. The van der Waals surface area contributed by atoms with Gasteiger partial charge in [0.2, 0.25) is 5.88 Å². The van der Waals surface area contributed by atoms with Gasteiger partial charge >= 0.3 is 0 Å². The molecule has 1 saturated carbocycles. The molecule has 8 nitrogen and oxygen atoms in total. The lowest BCUT2D eigenvalue weighted by Gasteiger charge is -2.31. The first kappa shape index (κ1) is 21.5. The number of aliphatic hydroxyl groups is 1. The van der Waals surface area contributed by atoms with Crippen molar-refractivity contribution in [1.29, 1.82) is 0 Å². The Morgan fingerprint density at radius 1 is 1.24 bits per heavy atom. The van der Waals surface area contributed by atoms with Crippen LogP contribution in [0.3, 0.4) is 0 Å². The van der Waals surface area contributed by atoms with Gasteiger partial charge in [0.25, 0.3) is 5.91 Å². The van der Waals surface area contributed by atoms with Crippen LogP contribution in [0.1, 0.15) is 66.7 Å². The Balaban J connectivity index is 1.65. The zero-order chi connectivity index (χ0) is 23.3. The van der Waals surface area contributed by atoms with Crippen LogP contribution in [0.25, 0.3) is 16.7 Å². The van der Waals surface area contributed by atoms with Gasteiger partial charge in [-0.05, 0) is 69.9 Å². The molecule has 33 heavy (non-hydrogen) atoms. The minimum absolute atomic E-state index is 0.0193. The van der Waals surface area contributed by atoms with Crippen LogP contribution in [0.15, 0.2) is 36.5 Å². The van der Waals surface area contributed by atoms with Crippen molar-refractivity contribution in [3.63, 3.8) is 0 Å². The Morgan fingerprint density at radius 3 is 2.73 bits per heavy atom. The van der Waals surface area contributed by atoms with Crippen LogP contribution in [0, 0.1) is 0 Å². The summed E-state index contributed by atoms with van der Waals surface area (Å²) < 4.78 is 8.14. The number of aliphatic hydroxyl groups excluding tert-OH is 1. The third-order valence-electron chi connectivity index (χ3n) is 6.51. The van der Waals surface area contributed by atoms with E-state index in [1.165, 1.54) is 0 Å². The number of hydrogen-bond donors (Lipinski definition) is 3. The van der Waals surface area contributed by atoms with E-state index in [-0.39, 0.29) is 24.3 Å². The number of benzene rings is 1. The number of ether oxygens (including phenoxy) is 1. The average molecular weight is 449 g/mol. The van der Waals surface area contributed by atoms with Crippen LogP contribution in [0.2, 0.25) is 0 Å². The fraction of sp³-hybridized carbons (Fsp3) is 0.400. The highest BCUT2D eigenvalue weighted by Crippen LogP contribution is 2.42. The quantitative estimate of drug-likeness (QED) is 0.561. The lowest BCUT2D eigenvalue weighted by Crippen LogP contribution is -2.36. The van der Waals surface area contributed by atoms with Crippen molar-refractivity contribution >= 4 is 28.4 Å². The summed E-state index contributed by atoms with van der Waals surface area (Å²) in [6.07, 6.45) is 4.74. The zero-order valence-electron chi connectivity index (χ0n) is 18.8. The van der Waals surface area contributed by atoms with Gasteiger partial charge in [0, 0.05) is 23.3 Å². The molecule has 0 atom stereocenters. The molecule has 172 valence electrons. The monoisotopic (exact) mass is 448 g/mol. The maximum Gasteiger partial charge on any atom is 0.250 e. The van der Waals surface area contributed by atoms with Gasteiger partial charge in [0.05, 0.1) is 29.3 Å². The highest BCUT2D eigenvalue weighted by atomic mass is 16.5. The van der Waals surface area contributed by atoms with Crippen LogP contribution in [-0.4, -0.2) is 44.1 Å². The summed E-state index contributed by atoms with van der Waals surface area (Å²) >= 11 is 0. The Labute approximate surface area is 191 Å².